The molecule has 2 aromatic carbocycles. The fraction of sp³-hybridized carbons (Fsp3) is 0.0714. The van der Waals surface area contributed by atoms with Crippen molar-refractivity contribution < 1.29 is 14.3 Å². The summed E-state index contributed by atoms with van der Waals surface area (Å²) >= 11 is 6.00. The third-order valence-electron chi connectivity index (χ3n) is 2.12. The van der Waals surface area contributed by atoms with Gasteiger partial charge in [0.15, 0.2) is 0 Å². The van der Waals surface area contributed by atoms with E-state index < -0.39 is 0 Å². The van der Waals surface area contributed by atoms with Gasteiger partial charge in [-0.3, -0.25) is 0 Å². The molecule has 4 heteroatoms. The molecule has 0 saturated carbocycles. The Morgan fingerprint density at radius 3 is 2.17 bits per heavy atom. The lowest BCUT2D eigenvalue weighted by molar-refractivity contribution is -0.191. The van der Waals surface area contributed by atoms with Crippen LogP contribution < -0.4 is 4.74 Å². The van der Waals surface area contributed by atoms with E-state index in [-0.39, 0.29) is 6.15 Å². The molecule has 0 radical (unpaired) electrons. The first kappa shape index (κ1) is 14.0. The second kappa shape index (κ2) is 7.28. The molecule has 0 aromatic heterocycles. The summed E-state index contributed by atoms with van der Waals surface area (Å²) in [5.74, 6) is 1.58. The van der Waals surface area contributed by atoms with Crippen LogP contribution in [-0.2, 0) is 9.59 Å². The largest absolute Gasteiger partial charge is 0.457 e. The highest BCUT2D eigenvalue weighted by Crippen LogP contribution is 2.25. The minimum Gasteiger partial charge on any atom is -0.457 e. The maximum Gasteiger partial charge on any atom is 0.373 e. The lowest BCUT2D eigenvalue weighted by Gasteiger charge is -2.06. The van der Waals surface area contributed by atoms with Gasteiger partial charge in [0.1, 0.15) is 11.5 Å². The zero-order valence-electron chi connectivity index (χ0n) is 9.72. The van der Waals surface area contributed by atoms with Gasteiger partial charge in [-0.1, -0.05) is 35.9 Å². The number of halogens is 1. The molecule has 0 unspecified atom stereocenters. The molecule has 2 rings (SSSR count). The van der Waals surface area contributed by atoms with Crippen LogP contribution in [-0.4, -0.2) is 6.15 Å². The molecule has 92 valence electrons. The number of hydrogen-bond donors (Lipinski definition) is 0. The number of carbonyl (C=O) groups excluding carboxylic acids is 2. The predicted octanol–water partition coefficient (Wildman–Crippen LogP) is 3.86. The van der Waals surface area contributed by atoms with Gasteiger partial charge in [0.05, 0.1) is 0 Å². The van der Waals surface area contributed by atoms with Crippen molar-refractivity contribution in [1.82, 2.24) is 0 Å². The summed E-state index contributed by atoms with van der Waals surface area (Å²) in [7, 11) is 0. The second-order valence-corrected chi connectivity index (χ2v) is 3.82. The van der Waals surface area contributed by atoms with E-state index in [4.69, 9.17) is 25.9 Å². The van der Waals surface area contributed by atoms with Crippen molar-refractivity contribution >= 4 is 17.8 Å². The fourth-order valence-corrected chi connectivity index (χ4v) is 1.43. The maximum atomic E-state index is 8.12. The van der Waals surface area contributed by atoms with Crippen LogP contribution in [0, 0.1) is 6.92 Å². The minimum absolute atomic E-state index is 0.250. The van der Waals surface area contributed by atoms with Crippen molar-refractivity contribution in [3.63, 3.8) is 0 Å². The van der Waals surface area contributed by atoms with E-state index in [0.29, 0.717) is 0 Å². The molecule has 18 heavy (non-hydrogen) atoms. The Labute approximate surface area is 110 Å². The first-order chi connectivity index (χ1) is 8.67. The highest BCUT2D eigenvalue weighted by molar-refractivity contribution is 6.31. The molecule has 0 bridgehead atoms. The maximum absolute atomic E-state index is 8.12. The number of hydrogen-bond acceptors (Lipinski definition) is 3. The Morgan fingerprint density at radius 1 is 1.00 bits per heavy atom. The van der Waals surface area contributed by atoms with Gasteiger partial charge in [-0.2, -0.15) is 9.59 Å². The average Bonchev–Trinajstić information content (AvgIpc) is 2.36. The first-order valence-electron chi connectivity index (χ1n) is 5.15. The number of aryl methyl sites for hydroxylation is 1. The Hall–Kier alpha value is -2.09. The number of benzene rings is 2. The average molecular weight is 263 g/mol. The molecule has 0 spiro atoms. The summed E-state index contributed by atoms with van der Waals surface area (Å²) in [5, 5.41) is 0.725. The van der Waals surface area contributed by atoms with E-state index >= 15 is 0 Å². The van der Waals surface area contributed by atoms with Gasteiger partial charge in [-0.25, -0.2) is 0 Å². The zero-order chi connectivity index (χ0) is 13.4. The van der Waals surface area contributed by atoms with Crippen LogP contribution in [0.15, 0.2) is 48.5 Å². The molecule has 0 aliphatic heterocycles. The Kier molecular flexibility index (Phi) is 5.65. The molecule has 0 aliphatic rings. The van der Waals surface area contributed by atoms with Crippen molar-refractivity contribution in [2.45, 2.75) is 6.92 Å². The zero-order valence-corrected chi connectivity index (χ0v) is 10.5. The van der Waals surface area contributed by atoms with E-state index in [1.165, 1.54) is 0 Å². The van der Waals surface area contributed by atoms with Crippen LogP contribution in [0.5, 0.6) is 11.5 Å². The summed E-state index contributed by atoms with van der Waals surface area (Å²) in [5.41, 5.74) is 1.05. The molecule has 2 aromatic rings. The van der Waals surface area contributed by atoms with Gasteiger partial charge in [0, 0.05) is 5.02 Å². The summed E-state index contributed by atoms with van der Waals surface area (Å²) in [6, 6.07) is 15.3. The molecule has 0 aliphatic carbocycles. The van der Waals surface area contributed by atoms with Gasteiger partial charge in [-0.15, -0.1) is 0 Å². The lowest BCUT2D eigenvalue weighted by Crippen LogP contribution is -1.84. The standard InChI is InChI=1S/C13H11ClO.CO2/c1-10-7-8-12(9-13(10)14)15-11-5-3-2-4-6-11;2-1-3/h2-9H,1H3;. The summed E-state index contributed by atoms with van der Waals surface area (Å²) in [6.45, 7) is 1.97. The van der Waals surface area contributed by atoms with Crippen LogP contribution in [0.4, 0.5) is 0 Å². The van der Waals surface area contributed by atoms with E-state index in [1.54, 1.807) is 0 Å². The molecular formula is C14H11ClO3. The van der Waals surface area contributed by atoms with Gasteiger partial charge in [0.2, 0.25) is 0 Å². The molecular weight excluding hydrogens is 252 g/mol. The Balaban J connectivity index is 0.000000492. The van der Waals surface area contributed by atoms with Crippen molar-refractivity contribution in [3.8, 4) is 11.5 Å². The topological polar surface area (TPSA) is 43.4 Å². The SMILES string of the molecule is Cc1ccc(Oc2ccccc2)cc1Cl.O=C=O. The molecule has 0 atom stereocenters. The van der Waals surface area contributed by atoms with E-state index in [1.807, 2.05) is 55.5 Å². The fourth-order valence-electron chi connectivity index (χ4n) is 1.26. The van der Waals surface area contributed by atoms with Crippen molar-refractivity contribution in [1.29, 1.82) is 0 Å². The minimum atomic E-state index is 0.250. The van der Waals surface area contributed by atoms with Gasteiger partial charge < -0.3 is 4.74 Å². The molecule has 3 nitrogen and oxygen atoms in total. The monoisotopic (exact) mass is 262 g/mol. The predicted molar refractivity (Wildman–Crippen MR) is 67.7 cm³/mol. The van der Waals surface area contributed by atoms with Gasteiger partial charge >= 0.3 is 6.15 Å². The van der Waals surface area contributed by atoms with Crippen molar-refractivity contribution in [3.05, 3.63) is 59.1 Å². The Morgan fingerprint density at radius 2 is 1.61 bits per heavy atom. The van der Waals surface area contributed by atoms with Crippen LogP contribution in [0.3, 0.4) is 0 Å². The van der Waals surface area contributed by atoms with Crippen LogP contribution in [0.2, 0.25) is 5.02 Å². The van der Waals surface area contributed by atoms with Crippen molar-refractivity contribution in [2.75, 3.05) is 0 Å². The summed E-state index contributed by atoms with van der Waals surface area (Å²) in [6.07, 6.45) is 0.250. The summed E-state index contributed by atoms with van der Waals surface area (Å²) in [4.78, 5) is 16.2. The smallest absolute Gasteiger partial charge is 0.373 e. The lowest BCUT2D eigenvalue weighted by atomic mass is 10.2. The van der Waals surface area contributed by atoms with E-state index in [9.17, 15) is 0 Å². The molecule has 0 fully saturated rings. The normalized spacial score (nSPS) is 8.78. The highest BCUT2D eigenvalue weighted by atomic mass is 35.5. The summed E-state index contributed by atoms with van der Waals surface area (Å²) < 4.78 is 5.63. The molecule has 0 saturated heterocycles. The number of ether oxygens (including phenoxy) is 1. The third-order valence-corrected chi connectivity index (χ3v) is 2.53. The molecule has 0 N–H and O–H groups in total. The van der Waals surface area contributed by atoms with Crippen LogP contribution in [0.25, 0.3) is 0 Å². The van der Waals surface area contributed by atoms with Gasteiger partial charge in [0.25, 0.3) is 0 Å². The van der Waals surface area contributed by atoms with E-state index in [2.05, 4.69) is 0 Å². The Bertz CT molecular complexity index is 532. The van der Waals surface area contributed by atoms with Crippen molar-refractivity contribution in [2.24, 2.45) is 0 Å². The quantitative estimate of drug-likeness (QED) is 0.825. The number of para-hydroxylation sites is 1. The highest BCUT2D eigenvalue weighted by Gasteiger charge is 1.99. The van der Waals surface area contributed by atoms with Crippen LogP contribution >= 0.6 is 11.6 Å². The first-order valence-corrected chi connectivity index (χ1v) is 5.53. The third kappa shape index (κ3) is 4.42. The van der Waals surface area contributed by atoms with Gasteiger partial charge in [-0.05, 0) is 36.8 Å². The molecule has 0 heterocycles. The second-order valence-electron chi connectivity index (χ2n) is 3.41. The van der Waals surface area contributed by atoms with E-state index in [0.717, 1.165) is 22.1 Å². The molecule has 0 amide bonds. The van der Waals surface area contributed by atoms with Crippen LogP contribution in [0.1, 0.15) is 5.56 Å². The number of rotatable bonds is 2.